The van der Waals surface area contributed by atoms with Crippen molar-refractivity contribution in [3.05, 3.63) is 0 Å². The van der Waals surface area contributed by atoms with Crippen LogP contribution in [0, 0.1) is 0 Å². The van der Waals surface area contributed by atoms with Crippen LogP contribution in [-0.4, -0.2) is 24.4 Å². The largest absolute Gasteiger partial charge is 4.00 e. The molecule has 126 valence electrons. The number of carboxylic acid groups (broad SMARTS) is 4. The van der Waals surface area contributed by atoms with Gasteiger partial charge in [0.05, 0.1) is 0 Å². The van der Waals surface area contributed by atoms with E-state index in [4.69, 9.17) is 39.6 Å². The molecule has 12 N–H and O–H groups in total. The van der Waals surface area contributed by atoms with Crippen molar-refractivity contribution in [3.63, 3.8) is 0 Å². The fraction of sp³-hybridized carbons (Fsp3) is 0. The molecule has 0 saturated carbocycles. The van der Waals surface area contributed by atoms with E-state index in [9.17, 15) is 0 Å². The van der Waals surface area contributed by atoms with Crippen molar-refractivity contribution in [1.29, 1.82) is 0 Å². The van der Waals surface area contributed by atoms with Crippen molar-refractivity contribution in [2.24, 2.45) is 23.4 Å². The second-order valence-corrected chi connectivity index (χ2v) is 1.73. The van der Waals surface area contributed by atoms with Crippen molar-refractivity contribution >= 4 is 24.4 Å². The van der Waals surface area contributed by atoms with Gasteiger partial charge in [-0.1, -0.05) is 0 Å². The number of nitrogens with one attached hydrogen (secondary N) is 4. The number of hydrogen-bond donors (Lipinski definition) is 8. The predicted molar refractivity (Wildman–Crippen MR) is 50.9 cm³/mol. The van der Waals surface area contributed by atoms with E-state index in [2.05, 4.69) is 23.4 Å². The number of carbonyl (C=O) groups excluding carboxylic acids is 4. The van der Waals surface area contributed by atoms with Crippen molar-refractivity contribution in [2.45, 2.75) is 0 Å². The average molecular weight is 495 g/mol. The molecule has 0 saturated heterocycles. The summed E-state index contributed by atoms with van der Waals surface area (Å²) in [6.07, 6.45) is -5.87. The Kier molecular flexibility index (Phi) is 38.9. The molecule has 0 radical (unpaired) electrons. The topological polar surface area (TPSA) is 313 Å². The molecule has 0 aliphatic rings. The van der Waals surface area contributed by atoms with Crippen molar-refractivity contribution < 1.29 is 60.7 Å². The second-order valence-electron chi connectivity index (χ2n) is 1.73. The molecule has 0 fully saturated rings. The summed E-state index contributed by atoms with van der Waals surface area (Å²) in [7, 11) is 0. The molecular formula is C4H12N8O8Pt. The number of rotatable bonds is 0. The molecule has 0 aromatic carbocycles. The summed E-state index contributed by atoms with van der Waals surface area (Å²) in [5.74, 6) is 17.0. The smallest absolute Gasteiger partial charge is 0.529 e. The van der Waals surface area contributed by atoms with Gasteiger partial charge in [-0.2, -0.15) is 0 Å². The quantitative estimate of drug-likeness (QED) is 0.0882. The van der Waals surface area contributed by atoms with Crippen LogP contribution in [0.4, 0.5) is 19.2 Å². The number of nitrogens with two attached hydrogens (primary N) is 4. The Morgan fingerprint density at radius 2 is 0.571 bits per heavy atom. The van der Waals surface area contributed by atoms with Crippen LogP contribution in [0.1, 0.15) is 0 Å². The summed E-state index contributed by atoms with van der Waals surface area (Å²) >= 11 is 0. The predicted octanol–water partition coefficient (Wildman–Crippen LogP) is -8.83. The Hall–Kier alpha value is -2.39. The van der Waals surface area contributed by atoms with E-state index in [0.717, 1.165) is 0 Å². The van der Waals surface area contributed by atoms with Crippen LogP contribution in [0.15, 0.2) is 0 Å². The number of carbonyl (C=O) groups is 4. The van der Waals surface area contributed by atoms with Gasteiger partial charge in [0, 0.05) is 0 Å². The molecule has 0 aliphatic carbocycles. The zero-order chi connectivity index (χ0) is 17.1. The standard InChI is InChI=1S/4CH4N2O2.Pt/c4*2-3-1(4)5;/h4*3H,2H2,(H,4,5);/q;;;;+4/p-4. The SMILES string of the molecule is NNC(=O)[O-].NNC(=O)[O-].NNC(=O)[O-].NNC(=O)[O-].[Pt+4]. The Bertz CT molecular complexity index is 233. The van der Waals surface area contributed by atoms with Gasteiger partial charge in [-0.25, -0.2) is 23.4 Å². The third-order valence-corrected chi connectivity index (χ3v) is 0.471. The Balaban J connectivity index is -0.0000000533. The van der Waals surface area contributed by atoms with Gasteiger partial charge in [0.15, 0.2) is 0 Å². The van der Waals surface area contributed by atoms with Gasteiger partial charge in [-0.3, -0.25) is 0 Å². The average Bonchev–Trinajstić information content (AvgIpc) is 2.40. The maximum Gasteiger partial charge on any atom is 4.00 e. The minimum absolute atomic E-state index is 0. The van der Waals surface area contributed by atoms with Crippen molar-refractivity contribution in [1.82, 2.24) is 21.7 Å². The molecule has 0 heterocycles. The molecule has 0 spiro atoms. The van der Waals surface area contributed by atoms with Gasteiger partial charge in [-0.15, -0.1) is 0 Å². The molecule has 16 nitrogen and oxygen atoms in total. The fourth-order valence-electron chi connectivity index (χ4n) is 0. The third-order valence-electron chi connectivity index (χ3n) is 0.471. The van der Waals surface area contributed by atoms with E-state index in [1.165, 1.54) is 21.7 Å². The zero-order valence-electron chi connectivity index (χ0n) is 9.89. The normalized spacial score (nSPS) is 6.29. The van der Waals surface area contributed by atoms with Crippen molar-refractivity contribution in [2.75, 3.05) is 0 Å². The van der Waals surface area contributed by atoms with Gasteiger partial charge in [0.25, 0.3) is 0 Å². The van der Waals surface area contributed by atoms with Gasteiger partial charge in [-0.05, 0) is 0 Å². The first-order valence-corrected chi connectivity index (χ1v) is 3.79. The summed E-state index contributed by atoms with van der Waals surface area (Å²) in [6, 6.07) is 0. The monoisotopic (exact) mass is 495 g/mol. The molecule has 0 rings (SSSR count). The van der Waals surface area contributed by atoms with Crippen LogP contribution in [0.3, 0.4) is 0 Å². The van der Waals surface area contributed by atoms with E-state index < -0.39 is 24.4 Å². The molecule has 0 aliphatic heterocycles. The molecule has 21 heavy (non-hydrogen) atoms. The van der Waals surface area contributed by atoms with Crippen LogP contribution >= 0.6 is 0 Å². The minimum Gasteiger partial charge on any atom is -0.529 e. The maximum absolute atomic E-state index is 9.02. The van der Waals surface area contributed by atoms with E-state index in [0.29, 0.717) is 0 Å². The van der Waals surface area contributed by atoms with Gasteiger partial charge in [0.2, 0.25) is 0 Å². The van der Waals surface area contributed by atoms with E-state index in [1.54, 1.807) is 0 Å². The first-order valence-electron chi connectivity index (χ1n) is 3.79. The Morgan fingerprint density at radius 3 is 0.571 bits per heavy atom. The van der Waals surface area contributed by atoms with Crippen LogP contribution < -0.4 is 65.5 Å². The molecule has 0 aromatic heterocycles. The van der Waals surface area contributed by atoms with E-state index >= 15 is 0 Å². The second kappa shape index (κ2) is 26.2. The number of amides is 4. The van der Waals surface area contributed by atoms with Gasteiger partial charge in [0.1, 0.15) is 24.4 Å². The summed E-state index contributed by atoms with van der Waals surface area (Å²) in [6.45, 7) is 0. The van der Waals surface area contributed by atoms with Gasteiger partial charge >= 0.3 is 21.1 Å². The first kappa shape index (κ1) is 31.2. The molecule has 0 aromatic rings. The Labute approximate surface area is 131 Å². The van der Waals surface area contributed by atoms with Crippen LogP contribution in [0.5, 0.6) is 0 Å². The van der Waals surface area contributed by atoms with Crippen molar-refractivity contribution in [3.8, 4) is 0 Å². The van der Waals surface area contributed by atoms with Crippen LogP contribution in [0.25, 0.3) is 0 Å². The molecule has 0 unspecified atom stereocenters. The summed E-state index contributed by atoms with van der Waals surface area (Å²) < 4.78 is 0. The maximum atomic E-state index is 9.02. The summed E-state index contributed by atoms with van der Waals surface area (Å²) in [5.41, 5.74) is 5.33. The molecule has 4 amide bonds. The third kappa shape index (κ3) is 136. The van der Waals surface area contributed by atoms with Gasteiger partial charge < -0.3 is 61.3 Å². The van der Waals surface area contributed by atoms with E-state index in [-0.39, 0.29) is 21.1 Å². The summed E-state index contributed by atoms with van der Waals surface area (Å²) in [4.78, 5) is 36.1. The first-order chi connectivity index (χ1) is 9.08. The molecule has 0 bridgehead atoms. The number of hydrazine groups is 4. The number of hydrogen-bond acceptors (Lipinski definition) is 12. The minimum atomic E-state index is -1.47. The van der Waals surface area contributed by atoms with Crippen LogP contribution in [-0.2, 0) is 21.1 Å². The summed E-state index contributed by atoms with van der Waals surface area (Å²) in [5, 5.41) is 36.1. The zero-order valence-corrected chi connectivity index (χ0v) is 12.2. The van der Waals surface area contributed by atoms with E-state index in [1.807, 2.05) is 0 Å². The molecule has 0 atom stereocenters. The molecule has 17 heteroatoms. The molecular weight excluding hydrogens is 483 g/mol. The Morgan fingerprint density at radius 1 is 0.524 bits per heavy atom. The fourth-order valence-corrected chi connectivity index (χ4v) is 0. The van der Waals surface area contributed by atoms with Crippen LogP contribution in [0.2, 0.25) is 0 Å².